The molecule has 1 saturated heterocycles. The number of nitrogens with zero attached hydrogens (tertiary/aromatic N) is 4. The van der Waals surface area contributed by atoms with Crippen molar-refractivity contribution in [3.8, 4) is 11.8 Å². The molecule has 2 aromatic rings. The van der Waals surface area contributed by atoms with Crippen LogP contribution in [-0.4, -0.2) is 71.1 Å². The molecule has 0 saturated carbocycles. The van der Waals surface area contributed by atoms with E-state index in [-0.39, 0.29) is 5.91 Å². The molecule has 1 aliphatic heterocycles. The zero-order valence-electron chi connectivity index (χ0n) is 23.9. The number of carbonyl (C=O) groups excluding carboxylic acids is 3. The molecule has 11 heteroatoms. The fraction of sp³-hybridized carbons (Fsp3) is 0.483. The van der Waals surface area contributed by atoms with Gasteiger partial charge in [-0.3, -0.25) is 14.5 Å². The third-order valence-electron chi connectivity index (χ3n) is 6.24. The maximum Gasteiger partial charge on any atom is 0.410 e. The number of likely N-dealkylation sites (N-methyl/N-ethyl adjacent to an activating group) is 1. The molecular formula is C29H39N7O4. The Labute approximate surface area is 235 Å². The second-order valence-corrected chi connectivity index (χ2v) is 10.7. The van der Waals surface area contributed by atoms with Crippen LogP contribution in [0.2, 0.25) is 0 Å². The Bertz CT molecular complexity index is 1260. The van der Waals surface area contributed by atoms with Crippen molar-refractivity contribution in [2.45, 2.75) is 65.0 Å². The van der Waals surface area contributed by atoms with Gasteiger partial charge in [0.05, 0.1) is 11.8 Å². The highest BCUT2D eigenvalue weighted by Crippen LogP contribution is 2.24. The first-order valence-electron chi connectivity index (χ1n) is 13.5. The van der Waals surface area contributed by atoms with E-state index in [1.807, 2.05) is 0 Å². The number of unbranched alkanes of at least 4 members (excludes halogenated alkanes) is 1. The minimum absolute atomic E-state index is 0.251. The van der Waals surface area contributed by atoms with Crippen LogP contribution in [0.25, 0.3) is 0 Å². The molecule has 0 unspecified atom stereocenters. The average Bonchev–Trinajstić information content (AvgIpc) is 3.44. The number of primary amides is 1. The summed E-state index contributed by atoms with van der Waals surface area (Å²) in [6, 6.07) is 6.14. The predicted molar refractivity (Wildman–Crippen MR) is 154 cm³/mol. The number of hydrogen-bond donors (Lipinski definition) is 3. The first-order valence-corrected chi connectivity index (χ1v) is 13.5. The lowest BCUT2D eigenvalue weighted by molar-refractivity contribution is -0.125. The first kappa shape index (κ1) is 30.2. The maximum atomic E-state index is 12.5. The smallest absolute Gasteiger partial charge is 0.410 e. The quantitative estimate of drug-likeness (QED) is 0.319. The second kappa shape index (κ2) is 13.6. The summed E-state index contributed by atoms with van der Waals surface area (Å²) in [6.07, 6.45) is 4.58. The van der Waals surface area contributed by atoms with Crippen LogP contribution in [0.4, 0.5) is 22.2 Å². The molecule has 1 atom stereocenters. The highest BCUT2D eigenvalue weighted by Gasteiger charge is 2.26. The maximum absolute atomic E-state index is 12.5. The zero-order chi connectivity index (χ0) is 29.3. The highest BCUT2D eigenvalue weighted by molar-refractivity contribution is 5.93. The standard InChI is InChI=1S/C29H39N7O4/c1-20(35(5)28(39)40-29(2,3)4)26(38)31-16-8-6-7-11-22-19-32-27(34-25(22)36-17-9-10-18-36)33-23-14-12-21(13-15-23)24(30)37/h12-15,19-20H,6,8-10,16-18H2,1-5H3,(H2,30,37)(H,31,38)(H,32,33,34)/t20-/m0/s1. The van der Waals surface area contributed by atoms with Gasteiger partial charge in [-0.15, -0.1) is 0 Å². The van der Waals surface area contributed by atoms with E-state index in [9.17, 15) is 14.4 Å². The molecule has 0 aliphatic carbocycles. The molecule has 1 aliphatic rings. The SMILES string of the molecule is C[C@@H](C(=O)NCCCC#Cc1cnc(Nc2ccc(C(N)=O)cc2)nc1N1CCCC1)N(C)C(=O)OC(C)(C)C. The number of rotatable bonds is 9. The average molecular weight is 550 g/mol. The number of carbonyl (C=O) groups is 3. The van der Waals surface area contributed by atoms with E-state index in [1.165, 1.54) is 4.90 Å². The van der Waals surface area contributed by atoms with Crippen LogP contribution in [0, 0.1) is 11.8 Å². The van der Waals surface area contributed by atoms with Gasteiger partial charge < -0.3 is 26.0 Å². The number of hydrogen-bond acceptors (Lipinski definition) is 8. The largest absolute Gasteiger partial charge is 0.444 e. The van der Waals surface area contributed by atoms with Crippen LogP contribution >= 0.6 is 0 Å². The van der Waals surface area contributed by atoms with E-state index in [0.29, 0.717) is 30.9 Å². The van der Waals surface area contributed by atoms with E-state index in [1.54, 1.807) is 65.2 Å². The Balaban J connectivity index is 1.56. The fourth-order valence-corrected chi connectivity index (χ4v) is 3.90. The van der Waals surface area contributed by atoms with Crippen molar-refractivity contribution >= 4 is 35.4 Å². The highest BCUT2D eigenvalue weighted by atomic mass is 16.6. The molecular weight excluding hydrogens is 510 g/mol. The van der Waals surface area contributed by atoms with E-state index in [2.05, 4.69) is 32.4 Å². The van der Waals surface area contributed by atoms with Gasteiger partial charge in [0, 0.05) is 44.4 Å². The second-order valence-electron chi connectivity index (χ2n) is 10.7. The van der Waals surface area contributed by atoms with Crippen LogP contribution in [0.5, 0.6) is 0 Å². The summed E-state index contributed by atoms with van der Waals surface area (Å²) in [5.41, 5.74) is 6.60. The van der Waals surface area contributed by atoms with Crippen LogP contribution < -0.4 is 21.3 Å². The molecule has 3 rings (SSSR count). The van der Waals surface area contributed by atoms with E-state index < -0.39 is 23.6 Å². The molecule has 0 spiro atoms. The van der Waals surface area contributed by atoms with Crippen LogP contribution in [-0.2, 0) is 9.53 Å². The van der Waals surface area contributed by atoms with Gasteiger partial charge in [0.25, 0.3) is 0 Å². The molecule has 1 fully saturated rings. The van der Waals surface area contributed by atoms with Gasteiger partial charge in [0.1, 0.15) is 17.5 Å². The van der Waals surface area contributed by atoms with Crippen LogP contribution in [0.15, 0.2) is 30.5 Å². The lowest BCUT2D eigenvalue weighted by Crippen LogP contribution is -2.47. The number of amides is 3. The Morgan fingerprint density at radius 1 is 1.18 bits per heavy atom. The summed E-state index contributed by atoms with van der Waals surface area (Å²) in [5.74, 6) is 6.84. The van der Waals surface area contributed by atoms with Crippen molar-refractivity contribution in [3.63, 3.8) is 0 Å². The van der Waals surface area contributed by atoms with Crippen LogP contribution in [0.3, 0.4) is 0 Å². The summed E-state index contributed by atoms with van der Waals surface area (Å²) in [7, 11) is 1.55. The Morgan fingerprint density at radius 2 is 1.85 bits per heavy atom. The van der Waals surface area contributed by atoms with Crippen molar-refractivity contribution in [1.82, 2.24) is 20.2 Å². The number of anilines is 3. The van der Waals surface area contributed by atoms with E-state index in [4.69, 9.17) is 15.5 Å². The number of ether oxygens (including phenoxy) is 1. The van der Waals surface area contributed by atoms with Crippen molar-refractivity contribution in [1.29, 1.82) is 0 Å². The van der Waals surface area contributed by atoms with Crippen molar-refractivity contribution in [2.75, 3.05) is 36.9 Å². The predicted octanol–water partition coefficient (Wildman–Crippen LogP) is 3.42. The van der Waals surface area contributed by atoms with Crippen molar-refractivity contribution in [3.05, 3.63) is 41.6 Å². The minimum atomic E-state index is -0.658. The molecule has 1 aromatic heterocycles. The summed E-state index contributed by atoms with van der Waals surface area (Å²) >= 11 is 0. The molecule has 4 N–H and O–H groups in total. The molecule has 2 heterocycles. The van der Waals surface area contributed by atoms with Crippen LogP contribution in [0.1, 0.15) is 69.3 Å². The Hall–Kier alpha value is -4.33. The fourth-order valence-electron chi connectivity index (χ4n) is 3.90. The van der Waals surface area contributed by atoms with Gasteiger partial charge in [0.2, 0.25) is 17.8 Å². The third kappa shape index (κ3) is 8.86. The summed E-state index contributed by atoms with van der Waals surface area (Å²) < 4.78 is 5.32. The number of benzene rings is 1. The zero-order valence-corrected chi connectivity index (χ0v) is 23.9. The van der Waals surface area contributed by atoms with Gasteiger partial charge in [0.15, 0.2) is 0 Å². The summed E-state index contributed by atoms with van der Waals surface area (Å²) in [6.45, 7) is 9.25. The molecule has 214 valence electrons. The number of nitrogens with one attached hydrogen (secondary N) is 2. The third-order valence-corrected chi connectivity index (χ3v) is 6.24. The summed E-state index contributed by atoms with van der Waals surface area (Å²) in [5, 5.41) is 6.02. The first-order chi connectivity index (χ1) is 18.9. The van der Waals surface area contributed by atoms with E-state index >= 15 is 0 Å². The molecule has 11 nitrogen and oxygen atoms in total. The van der Waals surface area contributed by atoms with Gasteiger partial charge in [-0.1, -0.05) is 11.8 Å². The Morgan fingerprint density at radius 3 is 2.48 bits per heavy atom. The molecule has 1 aromatic carbocycles. The lowest BCUT2D eigenvalue weighted by atomic mass is 10.2. The van der Waals surface area contributed by atoms with Crippen molar-refractivity contribution < 1.29 is 19.1 Å². The van der Waals surface area contributed by atoms with Crippen molar-refractivity contribution in [2.24, 2.45) is 5.73 Å². The molecule has 40 heavy (non-hydrogen) atoms. The number of aromatic nitrogens is 2. The Kier molecular flexibility index (Phi) is 10.3. The number of nitrogens with two attached hydrogens (primary N) is 1. The molecule has 0 radical (unpaired) electrons. The van der Waals surface area contributed by atoms with Gasteiger partial charge >= 0.3 is 6.09 Å². The molecule has 0 bridgehead atoms. The minimum Gasteiger partial charge on any atom is -0.444 e. The topological polar surface area (TPSA) is 143 Å². The molecule has 3 amide bonds. The monoisotopic (exact) mass is 549 g/mol. The van der Waals surface area contributed by atoms with Gasteiger partial charge in [-0.05, 0) is 71.2 Å². The van der Waals surface area contributed by atoms with Gasteiger partial charge in [-0.2, -0.15) is 4.98 Å². The normalized spacial score (nSPS) is 13.6. The summed E-state index contributed by atoms with van der Waals surface area (Å²) in [4.78, 5) is 48.6. The van der Waals surface area contributed by atoms with Gasteiger partial charge in [-0.25, -0.2) is 9.78 Å². The lowest BCUT2D eigenvalue weighted by Gasteiger charge is -2.28. The van der Waals surface area contributed by atoms with E-state index in [0.717, 1.165) is 43.0 Å².